The summed E-state index contributed by atoms with van der Waals surface area (Å²) < 4.78 is 20.9. The smallest absolute Gasteiger partial charge is 0.338 e. The summed E-state index contributed by atoms with van der Waals surface area (Å²) in [5, 5.41) is 2.59. The van der Waals surface area contributed by atoms with Crippen molar-refractivity contribution in [2.24, 2.45) is 0 Å². The van der Waals surface area contributed by atoms with Gasteiger partial charge in [0.1, 0.15) is 11.5 Å². The number of carbonyl (C=O) groups is 3. The first kappa shape index (κ1) is 23.0. The third kappa shape index (κ3) is 3.98. The van der Waals surface area contributed by atoms with Crippen LogP contribution in [0.2, 0.25) is 0 Å². The van der Waals surface area contributed by atoms with Crippen molar-refractivity contribution >= 4 is 24.0 Å². The molecule has 3 amide bonds. The number of amides is 3. The summed E-state index contributed by atoms with van der Waals surface area (Å²) in [5.41, 5.74) is 4.85. The second-order valence-corrected chi connectivity index (χ2v) is 8.07. The van der Waals surface area contributed by atoms with Crippen LogP contribution in [-0.2, 0) is 16.1 Å². The number of aryl methyl sites for hydroxylation is 1. The molecule has 1 saturated heterocycles. The molecule has 0 radical (unpaired) electrons. The van der Waals surface area contributed by atoms with Crippen molar-refractivity contribution in [3.05, 3.63) is 93.7 Å². The second kappa shape index (κ2) is 8.97. The van der Waals surface area contributed by atoms with Crippen molar-refractivity contribution in [3.63, 3.8) is 0 Å². The van der Waals surface area contributed by atoms with Gasteiger partial charge in [0, 0.05) is 22.6 Å². The maximum absolute atomic E-state index is 14.0. The zero-order valence-electron chi connectivity index (χ0n) is 19.3. The van der Waals surface area contributed by atoms with Crippen molar-refractivity contribution in [2.75, 3.05) is 7.11 Å². The van der Waals surface area contributed by atoms with E-state index in [-0.39, 0.29) is 17.8 Å². The zero-order valence-corrected chi connectivity index (χ0v) is 19.3. The van der Waals surface area contributed by atoms with Crippen LogP contribution in [0.5, 0.6) is 0 Å². The SMILES string of the molecule is COC(=O)c1cccc(-n2c(C)cc(/C=C3/NC(=O)N(Cc4ccccc4F)C3=O)c2C)c1C. The van der Waals surface area contributed by atoms with Crippen molar-refractivity contribution in [3.8, 4) is 5.69 Å². The van der Waals surface area contributed by atoms with Crippen molar-refractivity contribution in [2.45, 2.75) is 27.3 Å². The zero-order chi connectivity index (χ0) is 24.6. The molecule has 1 fully saturated rings. The van der Waals surface area contributed by atoms with E-state index >= 15 is 0 Å². The Bertz CT molecular complexity index is 1360. The lowest BCUT2D eigenvalue weighted by Gasteiger charge is -2.15. The average molecular weight is 461 g/mol. The van der Waals surface area contributed by atoms with Gasteiger partial charge in [-0.3, -0.25) is 9.69 Å². The molecule has 2 heterocycles. The Balaban J connectivity index is 1.68. The van der Waals surface area contributed by atoms with Crippen LogP contribution in [-0.4, -0.2) is 34.5 Å². The van der Waals surface area contributed by atoms with Gasteiger partial charge in [0.2, 0.25) is 0 Å². The summed E-state index contributed by atoms with van der Waals surface area (Å²) in [6, 6.07) is 12.7. The molecule has 8 heteroatoms. The van der Waals surface area contributed by atoms with Gasteiger partial charge in [0.25, 0.3) is 5.91 Å². The molecule has 0 atom stereocenters. The standard InChI is InChI=1S/C26H24FN3O4/c1-15-12-19(17(3)30(15)23-11-7-9-20(16(23)2)25(32)34-4)13-22-24(31)29(26(33)28-22)14-18-8-5-6-10-21(18)27/h5-13H,14H2,1-4H3,(H,28,33)/b22-13+. The number of aromatic nitrogens is 1. The van der Waals surface area contributed by atoms with Crippen LogP contribution in [0.3, 0.4) is 0 Å². The van der Waals surface area contributed by atoms with Crippen molar-refractivity contribution < 1.29 is 23.5 Å². The Morgan fingerprint density at radius 1 is 1.09 bits per heavy atom. The number of methoxy groups -OCH3 is 1. The molecule has 34 heavy (non-hydrogen) atoms. The predicted octanol–water partition coefficient (Wildman–Crippen LogP) is 4.42. The quantitative estimate of drug-likeness (QED) is 0.347. The number of nitrogens with zero attached hydrogens (tertiary/aromatic N) is 2. The van der Waals surface area contributed by atoms with E-state index in [1.807, 2.05) is 37.5 Å². The molecule has 3 aromatic rings. The van der Waals surface area contributed by atoms with Crippen LogP contribution < -0.4 is 5.32 Å². The molecule has 174 valence electrons. The van der Waals surface area contributed by atoms with Crippen LogP contribution in [0.15, 0.2) is 54.2 Å². The van der Waals surface area contributed by atoms with Crippen molar-refractivity contribution in [1.82, 2.24) is 14.8 Å². The van der Waals surface area contributed by atoms with Gasteiger partial charge in [-0.05, 0) is 62.2 Å². The maximum atomic E-state index is 14.0. The van der Waals surface area contributed by atoms with E-state index in [9.17, 15) is 18.8 Å². The second-order valence-electron chi connectivity index (χ2n) is 8.07. The van der Waals surface area contributed by atoms with E-state index in [0.717, 1.165) is 33.1 Å². The molecular weight excluding hydrogens is 437 g/mol. The predicted molar refractivity (Wildman–Crippen MR) is 125 cm³/mol. The van der Waals surface area contributed by atoms with Gasteiger partial charge < -0.3 is 14.6 Å². The van der Waals surface area contributed by atoms with Gasteiger partial charge in [-0.2, -0.15) is 0 Å². The topological polar surface area (TPSA) is 80.6 Å². The first-order chi connectivity index (χ1) is 16.2. The summed E-state index contributed by atoms with van der Waals surface area (Å²) in [6.07, 6.45) is 1.61. The lowest BCUT2D eigenvalue weighted by molar-refractivity contribution is -0.123. The summed E-state index contributed by atoms with van der Waals surface area (Å²) >= 11 is 0. The molecule has 0 unspecified atom stereocenters. The Kier molecular flexibility index (Phi) is 6.06. The van der Waals surface area contributed by atoms with Crippen LogP contribution >= 0.6 is 0 Å². The number of urea groups is 1. The fraction of sp³-hybridized carbons (Fsp3) is 0.192. The molecule has 1 aliphatic rings. The summed E-state index contributed by atoms with van der Waals surface area (Å²) in [7, 11) is 1.34. The number of imide groups is 1. The van der Waals surface area contributed by atoms with E-state index in [0.29, 0.717) is 5.56 Å². The van der Waals surface area contributed by atoms with Crippen LogP contribution in [0.25, 0.3) is 11.8 Å². The fourth-order valence-electron chi connectivity index (χ4n) is 4.17. The first-order valence-corrected chi connectivity index (χ1v) is 10.7. The van der Waals surface area contributed by atoms with E-state index in [1.165, 1.54) is 19.2 Å². The van der Waals surface area contributed by atoms with Crippen LogP contribution in [0, 0.1) is 26.6 Å². The molecule has 1 aromatic heterocycles. The molecule has 7 nitrogen and oxygen atoms in total. The highest BCUT2D eigenvalue weighted by Gasteiger charge is 2.34. The molecule has 1 N–H and O–H groups in total. The van der Waals surface area contributed by atoms with E-state index in [2.05, 4.69) is 5.32 Å². The first-order valence-electron chi connectivity index (χ1n) is 10.7. The van der Waals surface area contributed by atoms with Gasteiger partial charge >= 0.3 is 12.0 Å². The van der Waals surface area contributed by atoms with Gasteiger partial charge in [-0.25, -0.2) is 14.0 Å². The number of rotatable bonds is 5. The third-order valence-corrected chi connectivity index (χ3v) is 5.97. The number of hydrogen-bond acceptors (Lipinski definition) is 4. The minimum absolute atomic E-state index is 0.113. The molecule has 2 aromatic carbocycles. The van der Waals surface area contributed by atoms with Gasteiger partial charge in [0.15, 0.2) is 0 Å². The number of nitrogens with one attached hydrogen (secondary N) is 1. The van der Waals surface area contributed by atoms with Gasteiger partial charge in [-0.1, -0.05) is 24.3 Å². The molecule has 4 rings (SSSR count). The third-order valence-electron chi connectivity index (χ3n) is 5.97. The highest BCUT2D eigenvalue weighted by atomic mass is 19.1. The number of ether oxygens (including phenoxy) is 1. The number of carbonyl (C=O) groups excluding carboxylic acids is 3. The maximum Gasteiger partial charge on any atom is 0.338 e. The molecule has 0 bridgehead atoms. The lowest BCUT2D eigenvalue weighted by Crippen LogP contribution is -2.30. The molecule has 0 aliphatic carbocycles. The normalized spacial score (nSPS) is 14.6. The Hall–Kier alpha value is -4.20. The monoisotopic (exact) mass is 461 g/mol. The highest BCUT2D eigenvalue weighted by molar-refractivity contribution is 6.14. The summed E-state index contributed by atoms with van der Waals surface area (Å²) in [4.78, 5) is 38.5. The minimum atomic E-state index is -0.602. The highest BCUT2D eigenvalue weighted by Crippen LogP contribution is 2.27. The number of esters is 1. The van der Waals surface area contributed by atoms with Gasteiger partial charge in [-0.15, -0.1) is 0 Å². The fourth-order valence-corrected chi connectivity index (χ4v) is 4.17. The molecular formula is C26H24FN3O4. The lowest BCUT2D eigenvalue weighted by atomic mass is 10.1. The van der Waals surface area contributed by atoms with E-state index in [4.69, 9.17) is 4.74 Å². The summed E-state index contributed by atoms with van der Waals surface area (Å²) in [6.45, 7) is 5.49. The van der Waals surface area contributed by atoms with E-state index < -0.39 is 23.7 Å². The molecule has 1 aliphatic heterocycles. The average Bonchev–Trinajstić information content (AvgIpc) is 3.24. The number of halogens is 1. The summed E-state index contributed by atoms with van der Waals surface area (Å²) in [5.74, 6) is -1.42. The molecule has 0 saturated carbocycles. The van der Waals surface area contributed by atoms with Crippen LogP contribution in [0.4, 0.5) is 9.18 Å². The van der Waals surface area contributed by atoms with E-state index in [1.54, 1.807) is 30.3 Å². The van der Waals surface area contributed by atoms with Gasteiger partial charge in [0.05, 0.1) is 19.2 Å². The van der Waals surface area contributed by atoms with Crippen LogP contribution in [0.1, 0.15) is 38.4 Å². The Labute approximate surface area is 196 Å². The largest absolute Gasteiger partial charge is 0.465 e. The molecule has 0 spiro atoms. The minimum Gasteiger partial charge on any atom is -0.465 e. The number of hydrogen-bond donors (Lipinski definition) is 1. The van der Waals surface area contributed by atoms with Crippen molar-refractivity contribution in [1.29, 1.82) is 0 Å². The Morgan fingerprint density at radius 2 is 1.82 bits per heavy atom. The number of benzene rings is 2. The Morgan fingerprint density at radius 3 is 2.53 bits per heavy atom.